The van der Waals surface area contributed by atoms with Gasteiger partial charge < -0.3 is 5.32 Å². The molecule has 0 spiro atoms. The van der Waals surface area contributed by atoms with E-state index in [-0.39, 0.29) is 16.5 Å². The minimum Gasteiger partial charge on any atom is -0.349 e. The molecule has 0 saturated carbocycles. The molecule has 9 heteroatoms. The molecule has 0 atom stereocenters. The summed E-state index contributed by atoms with van der Waals surface area (Å²) < 4.78 is 23.6. The van der Waals surface area contributed by atoms with Crippen LogP contribution in [-0.4, -0.2) is 49.5 Å². The SMILES string of the molecule is Cc1cccc(CN2CCC(NC(=O)c3cc([N+](=O)[O-])cc(S(C)(=O)=O)c3)CC2)c1. The molecule has 1 fully saturated rings. The molecule has 8 nitrogen and oxygen atoms in total. The Morgan fingerprint density at radius 1 is 1.20 bits per heavy atom. The van der Waals surface area contributed by atoms with Crippen molar-refractivity contribution in [2.24, 2.45) is 0 Å². The Morgan fingerprint density at radius 2 is 1.90 bits per heavy atom. The first-order valence-electron chi connectivity index (χ1n) is 9.70. The summed E-state index contributed by atoms with van der Waals surface area (Å²) in [6.07, 6.45) is 2.47. The van der Waals surface area contributed by atoms with Gasteiger partial charge in [0.05, 0.1) is 9.82 Å². The van der Waals surface area contributed by atoms with Crippen molar-refractivity contribution in [3.05, 3.63) is 69.3 Å². The summed E-state index contributed by atoms with van der Waals surface area (Å²) in [6, 6.07) is 11.6. The second-order valence-electron chi connectivity index (χ2n) is 7.76. The van der Waals surface area contributed by atoms with E-state index in [2.05, 4.69) is 35.3 Å². The number of hydrogen-bond acceptors (Lipinski definition) is 6. The van der Waals surface area contributed by atoms with Crippen LogP contribution in [0, 0.1) is 17.0 Å². The maximum atomic E-state index is 12.6. The predicted molar refractivity (Wildman–Crippen MR) is 113 cm³/mol. The molecule has 3 rings (SSSR count). The number of nitro benzene ring substituents is 1. The molecule has 0 aliphatic carbocycles. The number of piperidine rings is 1. The summed E-state index contributed by atoms with van der Waals surface area (Å²) in [5.74, 6) is -0.499. The van der Waals surface area contributed by atoms with Gasteiger partial charge in [-0.1, -0.05) is 29.8 Å². The van der Waals surface area contributed by atoms with Crippen LogP contribution in [0.2, 0.25) is 0 Å². The van der Waals surface area contributed by atoms with Crippen molar-refractivity contribution in [1.29, 1.82) is 0 Å². The fourth-order valence-corrected chi connectivity index (χ4v) is 4.28. The summed E-state index contributed by atoms with van der Waals surface area (Å²) in [7, 11) is -3.68. The lowest BCUT2D eigenvalue weighted by Crippen LogP contribution is -2.44. The lowest BCUT2D eigenvalue weighted by Gasteiger charge is -2.32. The molecule has 1 saturated heterocycles. The van der Waals surface area contributed by atoms with Gasteiger partial charge in [0, 0.05) is 49.6 Å². The number of benzene rings is 2. The Hall–Kier alpha value is -2.78. The van der Waals surface area contributed by atoms with Crippen LogP contribution in [0.5, 0.6) is 0 Å². The second-order valence-corrected chi connectivity index (χ2v) is 9.77. The van der Waals surface area contributed by atoms with Crippen LogP contribution in [0.15, 0.2) is 47.4 Å². The first-order chi connectivity index (χ1) is 14.1. The van der Waals surface area contributed by atoms with E-state index in [1.54, 1.807) is 0 Å². The molecule has 2 aromatic rings. The Balaban J connectivity index is 1.63. The van der Waals surface area contributed by atoms with E-state index in [1.165, 1.54) is 17.2 Å². The molecule has 0 bridgehead atoms. The number of hydrogen-bond donors (Lipinski definition) is 1. The van der Waals surface area contributed by atoms with Crippen LogP contribution in [-0.2, 0) is 16.4 Å². The average molecular weight is 432 g/mol. The van der Waals surface area contributed by atoms with E-state index in [4.69, 9.17) is 0 Å². The molecule has 1 amide bonds. The number of nitrogens with one attached hydrogen (secondary N) is 1. The minimum atomic E-state index is -3.68. The van der Waals surface area contributed by atoms with Gasteiger partial charge in [-0.05, 0) is 31.4 Å². The number of amides is 1. The van der Waals surface area contributed by atoms with Gasteiger partial charge >= 0.3 is 0 Å². The first kappa shape index (κ1) is 21.9. The van der Waals surface area contributed by atoms with Gasteiger partial charge in [-0.2, -0.15) is 0 Å². The van der Waals surface area contributed by atoms with Crippen LogP contribution in [0.4, 0.5) is 5.69 Å². The van der Waals surface area contributed by atoms with Crippen LogP contribution >= 0.6 is 0 Å². The van der Waals surface area contributed by atoms with E-state index in [1.807, 2.05) is 6.07 Å². The number of non-ortho nitro benzene ring substituents is 1. The Labute approximate surface area is 176 Å². The predicted octanol–water partition coefficient (Wildman–Crippen LogP) is 2.70. The lowest BCUT2D eigenvalue weighted by atomic mass is 10.0. The summed E-state index contributed by atoms with van der Waals surface area (Å²) in [5, 5.41) is 14.0. The van der Waals surface area contributed by atoms with Gasteiger partial charge in [-0.3, -0.25) is 19.8 Å². The highest BCUT2D eigenvalue weighted by Gasteiger charge is 2.24. The number of carbonyl (C=O) groups is 1. The van der Waals surface area contributed by atoms with Crippen LogP contribution in [0.25, 0.3) is 0 Å². The molecule has 1 aliphatic heterocycles. The Morgan fingerprint density at radius 3 is 2.50 bits per heavy atom. The number of sulfone groups is 1. The zero-order valence-corrected chi connectivity index (χ0v) is 17.8. The fourth-order valence-electron chi connectivity index (χ4n) is 3.61. The molecule has 0 unspecified atom stereocenters. The quantitative estimate of drug-likeness (QED) is 0.556. The molecule has 30 heavy (non-hydrogen) atoms. The molecule has 1 aliphatic rings. The Kier molecular flexibility index (Phi) is 6.52. The smallest absolute Gasteiger partial charge is 0.271 e. The third kappa shape index (κ3) is 5.64. The zero-order chi connectivity index (χ0) is 21.9. The minimum absolute atomic E-state index is 0.0215. The maximum Gasteiger partial charge on any atom is 0.271 e. The highest BCUT2D eigenvalue weighted by Crippen LogP contribution is 2.22. The van der Waals surface area contributed by atoms with E-state index in [0.717, 1.165) is 50.9 Å². The molecule has 1 heterocycles. The van der Waals surface area contributed by atoms with Crippen molar-refractivity contribution in [3.8, 4) is 0 Å². The van der Waals surface area contributed by atoms with Gasteiger partial charge in [0.2, 0.25) is 0 Å². The molecule has 0 radical (unpaired) electrons. The van der Waals surface area contributed by atoms with Gasteiger partial charge in [0.1, 0.15) is 0 Å². The number of carbonyl (C=O) groups excluding carboxylic acids is 1. The van der Waals surface area contributed by atoms with Crippen molar-refractivity contribution in [2.75, 3.05) is 19.3 Å². The summed E-state index contributed by atoms with van der Waals surface area (Å²) in [6.45, 7) is 4.56. The number of nitrogens with zero attached hydrogens (tertiary/aromatic N) is 2. The molecule has 2 aromatic carbocycles. The Bertz CT molecular complexity index is 1060. The average Bonchev–Trinajstić information content (AvgIpc) is 2.68. The fraction of sp³-hybridized carbons (Fsp3) is 0.381. The molecular weight excluding hydrogens is 406 g/mol. The third-order valence-electron chi connectivity index (χ3n) is 5.20. The van der Waals surface area contributed by atoms with Gasteiger partial charge in [-0.25, -0.2) is 8.42 Å². The van der Waals surface area contributed by atoms with Crippen LogP contribution in [0.1, 0.15) is 34.3 Å². The summed E-state index contributed by atoms with van der Waals surface area (Å²) >= 11 is 0. The number of rotatable bonds is 6. The van der Waals surface area contributed by atoms with Crippen LogP contribution in [0.3, 0.4) is 0 Å². The van der Waals surface area contributed by atoms with Crippen molar-refractivity contribution in [1.82, 2.24) is 10.2 Å². The third-order valence-corrected chi connectivity index (χ3v) is 6.30. The molecule has 1 N–H and O–H groups in total. The largest absolute Gasteiger partial charge is 0.349 e. The van der Waals surface area contributed by atoms with E-state index in [9.17, 15) is 23.3 Å². The van der Waals surface area contributed by atoms with Crippen molar-refractivity contribution in [3.63, 3.8) is 0 Å². The van der Waals surface area contributed by atoms with Gasteiger partial charge in [0.25, 0.3) is 11.6 Å². The van der Waals surface area contributed by atoms with Gasteiger partial charge in [0.15, 0.2) is 9.84 Å². The second kappa shape index (κ2) is 8.93. The normalized spacial score (nSPS) is 15.7. The van der Waals surface area contributed by atoms with Crippen molar-refractivity contribution in [2.45, 2.75) is 37.2 Å². The maximum absolute atomic E-state index is 12.6. The van der Waals surface area contributed by atoms with E-state index < -0.39 is 26.4 Å². The van der Waals surface area contributed by atoms with E-state index in [0.29, 0.717) is 0 Å². The molecule has 0 aromatic heterocycles. The highest BCUT2D eigenvalue weighted by atomic mass is 32.2. The summed E-state index contributed by atoms with van der Waals surface area (Å²) in [4.78, 5) is 25.1. The lowest BCUT2D eigenvalue weighted by molar-refractivity contribution is -0.385. The molecule has 160 valence electrons. The summed E-state index contributed by atoms with van der Waals surface area (Å²) in [5.41, 5.74) is 2.03. The monoisotopic (exact) mass is 431 g/mol. The van der Waals surface area contributed by atoms with Crippen LogP contribution < -0.4 is 5.32 Å². The standard InChI is InChI=1S/C21H25N3O5S/c1-15-4-3-5-16(10-15)14-23-8-6-18(7-9-23)22-21(25)17-11-19(24(26)27)13-20(12-17)30(2,28)29/h3-5,10-13,18H,6-9,14H2,1-2H3,(H,22,25). The van der Waals surface area contributed by atoms with Crippen molar-refractivity contribution < 1.29 is 18.1 Å². The zero-order valence-electron chi connectivity index (χ0n) is 17.0. The first-order valence-corrected chi connectivity index (χ1v) is 11.6. The number of likely N-dealkylation sites (tertiary alicyclic amines) is 1. The topological polar surface area (TPSA) is 110 Å². The highest BCUT2D eigenvalue weighted by molar-refractivity contribution is 7.90. The van der Waals surface area contributed by atoms with Crippen molar-refractivity contribution >= 4 is 21.4 Å². The van der Waals surface area contributed by atoms with Gasteiger partial charge in [-0.15, -0.1) is 0 Å². The molecular formula is C21H25N3O5S. The number of aryl methyl sites for hydroxylation is 1. The number of nitro groups is 1. The van der Waals surface area contributed by atoms with E-state index >= 15 is 0 Å².